The number of amides is 1. The number of rotatable bonds is 5. The molecule has 0 aliphatic heterocycles. The molecule has 0 saturated heterocycles. The standard InChI is InChI=1S/C28H21F2N7O/c1-14(2)28(38)33-19-9-17(12-31-13-19)16-10-20-24(21(30)11-16)36-37-25(20)27-34-22-7-8-32-23(26(22)35-27)15-3-5-18(29)6-4-15/h3-14H,1-2H3,(H,33,38)(H,34,35)(H,36,37). The van der Waals surface area contributed by atoms with Crippen LogP contribution < -0.4 is 5.32 Å². The second-order valence-corrected chi connectivity index (χ2v) is 9.21. The first-order valence-corrected chi connectivity index (χ1v) is 11.9. The van der Waals surface area contributed by atoms with Gasteiger partial charge in [-0.05, 0) is 54.1 Å². The molecular weight excluding hydrogens is 488 g/mol. The van der Waals surface area contributed by atoms with E-state index in [1.54, 1.807) is 62.8 Å². The number of H-pyrrole nitrogens is 2. The van der Waals surface area contributed by atoms with Crippen molar-refractivity contribution in [3.63, 3.8) is 0 Å². The first-order valence-electron chi connectivity index (χ1n) is 11.9. The molecule has 3 N–H and O–H groups in total. The van der Waals surface area contributed by atoms with Crippen molar-refractivity contribution in [3.8, 4) is 33.9 Å². The van der Waals surface area contributed by atoms with Gasteiger partial charge in [-0.2, -0.15) is 5.10 Å². The highest BCUT2D eigenvalue weighted by Crippen LogP contribution is 2.34. The van der Waals surface area contributed by atoms with E-state index in [1.807, 2.05) is 0 Å². The lowest BCUT2D eigenvalue weighted by Crippen LogP contribution is -2.17. The van der Waals surface area contributed by atoms with Gasteiger partial charge in [0.05, 0.1) is 23.1 Å². The van der Waals surface area contributed by atoms with Crippen LogP contribution in [0.5, 0.6) is 0 Å². The number of carbonyl (C=O) groups is 1. The van der Waals surface area contributed by atoms with Gasteiger partial charge in [0.2, 0.25) is 5.91 Å². The molecule has 0 atom stereocenters. The van der Waals surface area contributed by atoms with Crippen LogP contribution in [-0.2, 0) is 4.79 Å². The fourth-order valence-electron chi connectivity index (χ4n) is 4.25. The number of benzene rings is 2. The van der Waals surface area contributed by atoms with Crippen molar-refractivity contribution in [3.05, 3.63) is 78.8 Å². The van der Waals surface area contributed by atoms with Gasteiger partial charge in [0.15, 0.2) is 11.6 Å². The number of halogens is 2. The van der Waals surface area contributed by atoms with Crippen molar-refractivity contribution in [2.45, 2.75) is 13.8 Å². The lowest BCUT2D eigenvalue weighted by molar-refractivity contribution is -0.118. The summed E-state index contributed by atoms with van der Waals surface area (Å²) in [5.41, 5.74) is 4.99. The molecule has 0 spiro atoms. The third-order valence-corrected chi connectivity index (χ3v) is 6.23. The van der Waals surface area contributed by atoms with Crippen molar-refractivity contribution in [1.29, 1.82) is 0 Å². The molecule has 0 aliphatic rings. The second-order valence-electron chi connectivity index (χ2n) is 9.21. The number of anilines is 1. The van der Waals surface area contributed by atoms with Crippen LogP contribution in [0.1, 0.15) is 13.8 Å². The summed E-state index contributed by atoms with van der Waals surface area (Å²) in [6.07, 6.45) is 4.79. The molecular formula is C28H21F2N7O. The lowest BCUT2D eigenvalue weighted by atomic mass is 10.0. The fourth-order valence-corrected chi connectivity index (χ4v) is 4.25. The predicted molar refractivity (Wildman–Crippen MR) is 141 cm³/mol. The number of nitrogens with one attached hydrogen (secondary N) is 3. The molecule has 6 aromatic rings. The molecule has 4 aromatic heterocycles. The molecule has 4 heterocycles. The van der Waals surface area contributed by atoms with Gasteiger partial charge in [0.25, 0.3) is 0 Å². The third-order valence-electron chi connectivity index (χ3n) is 6.23. The Labute approximate surface area is 215 Å². The van der Waals surface area contributed by atoms with Gasteiger partial charge in [0.1, 0.15) is 22.5 Å². The SMILES string of the molecule is CC(C)C(=O)Nc1cncc(-c2cc(F)c3n[nH]c(-c4nc5c(-c6ccc(F)cc6)nccc5[nH]4)c3c2)c1. The monoisotopic (exact) mass is 509 g/mol. The normalized spacial score (nSPS) is 11.5. The summed E-state index contributed by atoms with van der Waals surface area (Å²) in [6.45, 7) is 3.60. The van der Waals surface area contributed by atoms with Gasteiger partial charge in [-0.15, -0.1) is 0 Å². The molecule has 188 valence electrons. The number of carbonyl (C=O) groups excluding carboxylic acids is 1. The highest BCUT2D eigenvalue weighted by atomic mass is 19.1. The second kappa shape index (κ2) is 9.15. The molecule has 2 aromatic carbocycles. The summed E-state index contributed by atoms with van der Waals surface area (Å²) in [4.78, 5) is 28.8. The number of aromatic nitrogens is 6. The van der Waals surface area contributed by atoms with Crippen molar-refractivity contribution < 1.29 is 13.6 Å². The predicted octanol–water partition coefficient (Wildman–Crippen LogP) is 6.10. The van der Waals surface area contributed by atoms with Crippen molar-refractivity contribution in [2.24, 2.45) is 5.92 Å². The maximum absolute atomic E-state index is 15.2. The maximum Gasteiger partial charge on any atom is 0.226 e. The zero-order chi connectivity index (χ0) is 26.4. The molecule has 0 saturated carbocycles. The summed E-state index contributed by atoms with van der Waals surface area (Å²) in [6, 6.07) is 12.7. The molecule has 6 rings (SSSR count). The highest BCUT2D eigenvalue weighted by molar-refractivity contribution is 5.98. The number of hydrogen-bond acceptors (Lipinski definition) is 5. The molecule has 1 amide bonds. The molecule has 0 fully saturated rings. The third kappa shape index (κ3) is 4.15. The average Bonchev–Trinajstić information content (AvgIpc) is 3.53. The van der Waals surface area contributed by atoms with Gasteiger partial charge in [-0.1, -0.05) is 13.8 Å². The van der Waals surface area contributed by atoms with Gasteiger partial charge in [-0.25, -0.2) is 13.8 Å². The number of nitrogens with zero attached hydrogens (tertiary/aromatic N) is 4. The van der Waals surface area contributed by atoms with Crippen LogP contribution in [0.15, 0.2) is 67.1 Å². The van der Waals surface area contributed by atoms with Crippen LogP contribution in [0.25, 0.3) is 55.8 Å². The van der Waals surface area contributed by atoms with Crippen molar-refractivity contribution in [1.82, 2.24) is 30.1 Å². The number of hydrogen-bond donors (Lipinski definition) is 3. The summed E-state index contributed by atoms with van der Waals surface area (Å²) >= 11 is 0. The average molecular weight is 510 g/mol. The van der Waals surface area contributed by atoms with Gasteiger partial charge in [-0.3, -0.25) is 19.9 Å². The van der Waals surface area contributed by atoms with Crippen LogP contribution in [0.2, 0.25) is 0 Å². The molecule has 8 nitrogen and oxygen atoms in total. The first-order chi connectivity index (χ1) is 18.4. The van der Waals surface area contributed by atoms with Crippen molar-refractivity contribution >= 4 is 33.5 Å². The molecule has 0 aliphatic carbocycles. The van der Waals surface area contributed by atoms with E-state index >= 15 is 4.39 Å². The minimum atomic E-state index is -0.513. The Morgan fingerprint density at radius 2 is 1.76 bits per heavy atom. The zero-order valence-corrected chi connectivity index (χ0v) is 20.4. The summed E-state index contributed by atoms with van der Waals surface area (Å²) < 4.78 is 28.6. The molecule has 0 radical (unpaired) electrons. The van der Waals surface area contributed by atoms with E-state index in [-0.39, 0.29) is 23.2 Å². The van der Waals surface area contributed by atoms with Crippen LogP contribution in [-0.4, -0.2) is 36.0 Å². The first kappa shape index (κ1) is 23.4. The zero-order valence-electron chi connectivity index (χ0n) is 20.4. The van der Waals surface area contributed by atoms with Crippen LogP contribution in [0.4, 0.5) is 14.5 Å². The Hall–Kier alpha value is -4.99. The Balaban J connectivity index is 1.44. The fraction of sp³-hybridized carbons (Fsp3) is 0.107. The lowest BCUT2D eigenvalue weighted by Gasteiger charge is -2.09. The minimum Gasteiger partial charge on any atom is -0.337 e. The minimum absolute atomic E-state index is 0.137. The largest absolute Gasteiger partial charge is 0.337 e. The number of imidazole rings is 1. The molecule has 0 unspecified atom stereocenters. The van der Waals surface area contributed by atoms with E-state index < -0.39 is 5.82 Å². The van der Waals surface area contributed by atoms with E-state index in [0.29, 0.717) is 50.4 Å². The Bertz CT molecular complexity index is 1820. The van der Waals surface area contributed by atoms with E-state index in [1.165, 1.54) is 18.2 Å². The van der Waals surface area contributed by atoms with Gasteiger partial charge in [0, 0.05) is 34.8 Å². The maximum atomic E-state index is 15.2. The van der Waals surface area contributed by atoms with Gasteiger partial charge >= 0.3 is 0 Å². The Kier molecular flexibility index (Phi) is 5.64. The van der Waals surface area contributed by atoms with Crippen LogP contribution >= 0.6 is 0 Å². The number of aromatic amines is 2. The highest BCUT2D eigenvalue weighted by Gasteiger charge is 2.19. The topological polar surface area (TPSA) is 112 Å². The number of pyridine rings is 2. The van der Waals surface area contributed by atoms with Crippen LogP contribution in [0, 0.1) is 17.6 Å². The van der Waals surface area contributed by atoms with E-state index in [4.69, 9.17) is 4.98 Å². The van der Waals surface area contributed by atoms with Crippen LogP contribution in [0.3, 0.4) is 0 Å². The van der Waals surface area contributed by atoms with Crippen molar-refractivity contribution in [2.75, 3.05) is 5.32 Å². The Morgan fingerprint density at radius 1 is 0.947 bits per heavy atom. The molecule has 38 heavy (non-hydrogen) atoms. The van der Waals surface area contributed by atoms with E-state index in [9.17, 15) is 9.18 Å². The Morgan fingerprint density at radius 3 is 2.55 bits per heavy atom. The molecule has 0 bridgehead atoms. The number of fused-ring (bicyclic) bond motifs is 2. The van der Waals surface area contributed by atoms with E-state index in [2.05, 4.69) is 30.5 Å². The summed E-state index contributed by atoms with van der Waals surface area (Å²) in [5.74, 6) is -0.730. The summed E-state index contributed by atoms with van der Waals surface area (Å²) in [5, 5.41) is 10.4. The molecule has 10 heteroatoms. The van der Waals surface area contributed by atoms with Gasteiger partial charge < -0.3 is 10.3 Å². The summed E-state index contributed by atoms with van der Waals surface area (Å²) in [7, 11) is 0. The smallest absolute Gasteiger partial charge is 0.226 e. The quantitative estimate of drug-likeness (QED) is 0.260. The van der Waals surface area contributed by atoms with E-state index in [0.717, 1.165) is 5.56 Å².